The second-order valence-electron chi connectivity index (χ2n) is 4.73. The molecule has 21 heavy (non-hydrogen) atoms. The van der Waals surface area contributed by atoms with Crippen molar-refractivity contribution in [1.82, 2.24) is 0 Å². The second kappa shape index (κ2) is 8.22. The van der Waals surface area contributed by atoms with Gasteiger partial charge in [0.15, 0.2) is 0 Å². The number of nitrogens with zero attached hydrogens (tertiary/aromatic N) is 3. The maximum absolute atomic E-state index is 10.8. The Kier molecular flexibility index (Phi) is 6.63. The molecule has 6 nitrogen and oxygen atoms in total. The van der Waals surface area contributed by atoms with Crippen molar-refractivity contribution in [3.05, 3.63) is 33.9 Å². The number of anilines is 1. The van der Waals surface area contributed by atoms with Crippen molar-refractivity contribution in [3.63, 3.8) is 0 Å². The van der Waals surface area contributed by atoms with E-state index in [1.807, 2.05) is 0 Å². The Morgan fingerprint density at radius 2 is 2.10 bits per heavy atom. The minimum Gasteiger partial charge on any atom is -0.383 e. The summed E-state index contributed by atoms with van der Waals surface area (Å²) in [4.78, 5) is 12.4. The molecule has 6 heteroatoms. The summed E-state index contributed by atoms with van der Waals surface area (Å²) in [5.74, 6) is 0. The number of non-ortho nitro benzene ring substituents is 1. The molecule has 0 saturated carbocycles. The summed E-state index contributed by atoms with van der Waals surface area (Å²) in [5.41, 5.74) is 0.993. The van der Waals surface area contributed by atoms with Crippen molar-refractivity contribution in [2.24, 2.45) is 0 Å². The van der Waals surface area contributed by atoms with Crippen LogP contribution in [0, 0.1) is 21.4 Å². The van der Waals surface area contributed by atoms with E-state index >= 15 is 0 Å². The van der Waals surface area contributed by atoms with E-state index in [4.69, 9.17) is 4.74 Å². The third-order valence-electron chi connectivity index (χ3n) is 3.54. The molecule has 0 spiro atoms. The quantitative estimate of drug-likeness (QED) is 0.543. The Hall–Kier alpha value is -2.13. The van der Waals surface area contributed by atoms with Crippen LogP contribution in [0.3, 0.4) is 0 Å². The Morgan fingerprint density at radius 1 is 1.43 bits per heavy atom. The van der Waals surface area contributed by atoms with Crippen molar-refractivity contribution in [3.8, 4) is 6.07 Å². The van der Waals surface area contributed by atoms with Crippen molar-refractivity contribution < 1.29 is 9.66 Å². The molecule has 1 aromatic carbocycles. The van der Waals surface area contributed by atoms with Crippen LogP contribution in [0.2, 0.25) is 0 Å². The SMILES string of the molecule is CCC(CC)N(CCOC)c1ccc([N+](=O)[O-])cc1C#N. The number of hydrogen-bond acceptors (Lipinski definition) is 5. The third-order valence-corrected chi connectivity index (χ3v) is 3.54. The van der Waals surface area contributed by atoms with E-state index < -0.39 is 4.92 Å². The molecule has 0 bridgehead atoms. The van der Waals surface area contributed by atoms with Gasteiger partial charge in [-0.05, 0) is 18.9 Å². The van der Waals surface area contributed by atoms with Gasteiger partial charge in [-0.2, -0.15) is 5.26 Å². The van der Waals surface area contributed by atoms with Crippen molar-refractivity contribution >= 4 is 11.4 Å². The molecule has 0 saturated heterocycles. The summed E-state index contributed by atoms with van der Waals surface area (Å²) in [7, 11) is 1.63. The molecular weight excluding hydrogens is 270 g/mol. The highest BCUT2D eigenvalue weighted by Crippen LogP contribution is 2.28. The average Bonchev–Trinajstić information content (AvgIpc) is 2.50. The molecule has 0 radical (unpaired) electrons. The molecule has 1 aromatic rings. The summed E-state index contributed by atoms with van der Waals surface area (Å²) >= 11 is 0. The molecule has 0 amide bonds. The zero-order valence-electron chi connectivity index (χ0n) is 12.7. The first-order valence-corrected chi connectivity index (χ1v) is 7.03. The fourth-order valence-corrected chi connectivity index (χ4v) is 2.40. The van der Waals surface area contributed by atoms with Crippen molar-refractivity contribution in [2.45, 2.75) is 32.7 Å². The van der Waals surface area contributed by atoms with Gasteiger partial charge in [-0.1, -0.05) is 13.8 Å². The van der Waals surface area contributed by atoms with E-state index in [0.717, 1.165) is 18.5 Å². The summed E-state index contributed by atoms with van der Waals surface area (Å²) in [6.07, 6.45) is 1.87. The van der Waals surface area contributed by atoms with Crippen molar-refractivity contribution in [1.29, 1.82) is 5.26 Å². The van der Waals surface area contributed by atoms with Crippen LogP contribution in [0.1, 0.15) is 32.3 Å². The zero-order chi connectivity index (χ0) is 15.8. The van der Waals surface area contributed by atoms with Gasteiger partial charge < -0.3 is 9.64 Å². The Labute approximate surface area is 125 Å². The lowest BCUT2D eigenvalue weighted by Crippen LogP contribution is -2.37. The number of nitro benzene ring substituents is 1. The lowest BCUT2D eigenvalue weighted by Gasteiger charge is -2.33. The minimum absolute atomic E-state index is 0.0634. The minimum atomic E-state index is -0.485. The largest absolute Gasteiger partial charge is 0.383 e. The molecule has 0 N–H and O–H groups in total. The molecule has 0 aliphatic heterocycles. The zero-order valence-corrected chi connectivity index (χ0v) is 12.7. The highest BCUT2D eigenvalue weighted by molar-refractivity contribution is 5.63. The number of rotatable bonds is 8. The Balaban J connectivity index is 3.23. The van der Waals surface area contributed by atoms with Gasteiger partial charge in [0.1, 0.15) is 6.07 Å². The van der Waals surface area contributed by atoms with Crippen LogP contribution in [-0.2, 0) is 4.74 Å². The van der Waals surface area contributed by atoms with E-state index in [1.165, 1.54) is 12.1 Å². The molecule has 0 aromatic heterocycles. The van der Waals surface area contributed by atoms with Crippen molar-refractivity contribution in [2.75, 3.05) is 25.2 Å². The average molecular weight is 291 g/mol. The number of ether oxygens (including phenoxy) is 1. The molecular formula is C15H21N3O3. The molecule has 114 valence electrons. The van der Waals surface area contributed by atoms with Gasteiger partial charge in [0.05, 0.1) is 22.8 Å². The fraction of sp³-hybridized carbons (Fsp3) is 0.533. The predicted molar refractivity (Wildman–Crippen MR) is 81.4 cm³/mol. The maximum atomic E-state index is 10.8. The van der Waals surface area contributed by atoms with E-state index in [9.17, 15) is 15.4 Å². The Morgan fingerprint density at radius 3 is 2.57 bits per heavy atom. The highest BCUT2D eigenvalue weighted by Gasteiger charge is 2.20. The predicted octanol–water partition coefficient (Wildman–Crippen LogP) is 3.11. The van der Waals surface area contributed by atoms with Crippen LogP contribution in [-0.4, -0.2) is 31.2 Å². The van der Waals surface area contributed by atoms with Gasteiger partial charge in [-0.3, -0.25) is 10.1 Å². The van der Waals surface area contributed by atoms with Gasteiger partial charge in [0.2, 0.25) is 0 Å². The molecule has 1 rings (SSSR count). The van der Waals surface area contributed by atoms with Gasteiger partial charge in [0.25, 0.3) is 5.69 Å². The molecule has 0 fully saturated rings. The molecule has 0 aliphatic rings. The molecule has 0 heterocycles. The normalized spacial score (nSPS) is 10.4. The number of benzene rings is 1. The van der Waals surface area contributed by atoms with E-state index in [0.29, 0.717) is 18.7 Å². The summed E-state index contributed by atoms with van der Waals surface area (Å²) in [6, 6.07) is 6.77. The van der Waals surface area contributed by atoms with Crippen LogP contribution >= 0.6 is 0 Å². The lowest BCUT2D eigenvalue weighted by atomic mass is 10.1. The van der Waals surface area contributed by atoms with Crippen LogP contribution in [0.25, 0.3) is 0 Å². The van der Waals surface area contributed by atoms with Gasteiger partial charge >= 0.3 is 0 Å². The first-order valence-electron chi connectivity index (χ1n) is 7.03. The monoisotopic (exact) mass is 291 g/mol. The van der Waals surface area contributed by atoms with Crippen LogP contribution in [0.4, 0.5) is 11.4 Å². The maximum Gasteiger partial charge on any atom is 0.270 e. The topological polar surface area (TPSA) is 79.4 Å². The van der Waals surface area contributed by atoms with Gasteiger partial charge in [-0.15, -0.1) is 0 Å². The molecule has 0 aliphatic carbocycles. The van der Waals surface area contributed by atoms with Crippen LogP contribution < -0.4 is 4.90 Å². The number of hydrogen-bond donors (Lipinski definition) is 0. The van der Waals surface area contributed by atoms with Gasteiger partial charge in [0, 0.05) is 31.8 Å². The second-order valence-corrected chi connectivity index (χ2v) is 4.73. The lowest BCUT2D eigenvalue weighted by molar-refractivity contribution is -0.384. The van der Waals surface area contributed by atoms with E-state index in [1.54, 1.807) is 13.2 Å². The van der Waals surface area contributed by atoms with E-state index in [-0.39, 0.29) is 11.7 Å². The molecule has 0 unspecified atom stereocenters. The fourth-order valence-electron chi connectivity index (χ4n) is 2.40. The number of methoxy groups -OCH3 is 1. The summed E-state index contributed by atoms with van der Waals surface area (Å²) < 4.78 is 5.14. The standard InChI is InChI=1S/C15H21N3O3/c1-4-13(5-2)17(8-9-21-3)15-7-6-14(18(19)20)10-12(15)11-16/h6-7,10,13H,4-5,8-9H2,1-3H3. The smallest absolute Gasteiger partial charge is 0.270 e. The van der Waals surface area contributed by atoms with E-state index in [2.05, 4.69) is 24.8 Å². The Bertz CT molecular complexity index is 521. The first kappa shape index (κ1) is 16.9. The molecule has 0 atom stereocenters. The third kappa shape index (κ3) is 4.17. The number of nitriles is 1. The number of nitro groups is 1. The first-order chi connectivity index (χ1) is 10.1. The highest BCUT2D eigenvalue weighted by atomic mass is 16.6. The van der Waals surface area contributed by atoms with Gasteiger partial charge in [-0.25, -0.2) is 0 Å². The summed E-state index contributed by atoms with van der Waals surface area (Å²) in [6.45, 7) is 5.37. The van der Waals surface area contributed by atoms with Crippen LogP contribution in [0.5, 0.6) is 0 Å². The summed E-state index contributed by atoms with van der Waals surface area (Å²) in [5, 5.41) is 20.1. The van der Waals surface area contributed by atoms with Crippen LogP contribution in [0.15, 0.2) is 18.2 Å².